The molecule has 0 aliphatic heterocycles. The van der Waals surface area contributed by atoms with Gasteiger partial charge in [0.2, 0.25) is 0 Å². The Balaban J connectivity index is 2.54. The van der Waals surface area contributed by atoms with E-state index in [9.17, 15) is 0 Å². The molecule has 0 unspecified atom stereocenters. The van der Waals surface area contributed by atoms with Crippen LogP contribution in [0, 0.1) is 0 Å². The number of nitrogens with two attached hydrogens (primary N) is 1. The number of nitrogens with zero attached hydrogens (tertiary/aromatic N) is 4. The molecule has 17 heavy (non-hydrogen) atoms. The van der Waals surface area contributed by atoms with Gasteiger partial charge < -0.3 is 5.73 Å². The van der Waals surface area contributed by atoms with Crippen molar-refractivity contribution < 1.29 is 0 Å². The molecule has 0 atom stereocenters. The molecule has 2 N–H and O–H groups in total. The standard InChI is InChI=1S/C12H17N5/c1-3-11-15-12(4-2)17(16-11)10-8-14-6-5-9(10)7-13/h5-6,8H,3-4,7,13H2,1-2H3. The molecule has 0 saturated heterocycles. The van der Waals surface area contributed by atoms with Crippen molar-refractivity contribution >= 4 is 0 Å². The van der Waals surface area contributed by atoms with Crippen LogP contribution >= 0.6 is 0 Å². The summed E-state index contributed by atoms with van der Waals surface area (Å²) in [7, 11) is 0. The van der Waals surface area contributed by atoms with Gasteiger partial charge in [-0.2, -0.15) is 5.10 Å². The maximum absolute atomic E-state index is 5.73. The lowest BCUT2D eigenvalue weighted by Gasteiger charge is -2.08. The third kappa shape index (κ3) is 2.19. The largest absolute Gasteiger partial charge is 0.326 e. The molecule has 0 bridgehead atoms. The van der Waals surface area contributed by atoms with E-state index in [1.165, 1.54) is 0 Å². The Morgan fingerprint density at radius 3 is 2.76 bits per heavy atom. The molecule has 90 valence electrons. The second kappa shape index (κ2) is 5.05. The van der Waals surface area contributed by atoms with E-state index < -0.39 is 0 Å². The molecule has 5 heteroatoms. The molecule has 0 fully saturated rings. The van der Waals surface area contributed by atoms with E-state index >= 15 is 0 Å². The van der Waals surface area contributed by atoms with Crippen LogP contribution < -0.4 is 5.73 Å². The van der Waals surface area contributed by atoms with Crippen molar-refractivity contribution in [2.24, 2.45) is 5.73 Å². The normalized spacial score (nSPS) is 10.8. The molecule has 0 radical (unpaired) electrons. The smallest absolute Gasteiger partial charge is 0.151 e. The first kappa shape index (κ1) is 11.7. The molecule has 0 saturated carbocycles. The number of rotatable bonds is 4. The average Bonchev–Trinajstić information content (AvgIpc) is 2.81. The van der Waals surface area contributed by atoms with Crippen LogP contribution in [0.15, 0.2) is 18.5 Å². The predicted molar refractivity (Wildman–Crippen MR) is 65.8 cm³/mol. The topological polar surface area (TPSA) is 69.6 Å². The minimum atomic E-state index is 0.475. The van der Waals surface area contributed by atoms with Gasteiger partial charge in [-0.25, -0.2) is 9.67 Å². The Hall–Kier alpha value is -1.75. The Bertz CT molecular complexity index is 503. The third-order valence-corrected chi connectivity index (χ3v) is 2.69. The van der Waals surface area contributed by atoms with E-state index in [0.717, 1.165) is 35.7 Å². The summed E-state index contributed by atoms with van der Waals surface area (Å²) in [5, 5.41) is 4.49. The first-order valence-corrected chi connectivity index (χ1v) is 5.88. The second-order valence-electron chi connectivity index (χ2n) is 3.77. The molecular formula is C12H17N5. The lowest BCUT2D eigenvalue weighted by atomic mass is 10.2. The quantitative estimate of drug-likeness (QED) is 0.859. The highest BCUT2D eigenvalue weighted by molar-refractivity contribution is 5.38. The summed E-state index contributed by atoms with van der Waals surface area (Å²) in [6, 6.07) is 1.92. The molecule has 2 aromatic heterocycles. The van der Waals surface area contributed by atoms with Gasteiger partial charge in [-0.05, 0) is 11.6 Å². The van der Waals surface area contributed by atoms with E-state index in [1.807, 2.05) is 17.7 Å². The van der Waals surface area contributed by atoms with Gasteiger partial charge in [0.15, 0.2) is 5.82 Å². The lowest BCUT2D eigenvalue weighted by Crippen LogP contribution is -2.09. The fourth-order valence-corrected chi connectivity index (χ4v) is 1.74. The van der Waals surface area contributed by atoms with E-state index in [1.54, 1.807) is 12.4 Å². The molecule has 2 heterocycles. The number of hydrogen-bond donors (Lipinski definition) is 1. The fraction of sp³-hybridized carbons (Fsp3) is 0.417. The van der Waals surface area contributed by atoms with Crippen LogP contribution in [-0.4, -0.2) is 19.7 Å². The van der Waals surface area contributed by atoms with Crippen molar-refractivity contribution in [2.75, 3.05) is 0 Å². The third-order valence-electron chi connectivity index (χ3n) is 2.69. The zero-order chi connectivity index (χ0) is 12.3. The maximum atomic E-state index is 5.73. The molecule has 2 aromatic rings. The first-order chi connectivity index (χ1) is 8.30. The van der Waals surface area contributed by atoms with Crippen molar-refractivity contribution in [2.45, 2.75) is 33.2 Å². The Labute approximate surface area is 101 Å². The van der Waals surface area contributed by atoms with Crippen LogP contribution in [0.4, 0.5) is 0 Å². The molecule has 0 aliphatic carbocycles. The Morgan fingerprint density at radius 2 is 2.12 bits per heavy atom. The molecular weight excluding hydrogens is 214 g/mol. The van der Waals surface area contributed by atoms with E-state index in [4.69, 9.17) is 5.73 Å². The fourth-order valence-electron chi connectivity index (χ4n) is 1.74. The summed E-state index contributed by atoms with van der Waals surface area (Å²) in [6.45, 7) is 4.59. The first-order valence-electron chi connectivity index (χ1n) is 5.88. The summed E-state index contributed by atoms with van der Waals surface area (Å²) in [6.07, 6.45) is 5.20. The van der Waals surface area contributed by atoms with Crippen molar-refractivity contribution in [3.8, 4) is 5.69 Å². The van der Waals surface area contributed by atoms with Crippen LogP contribution in [-0.2, 0) is 19.4 Å². The minimum Gasteiger partial charge on any atom is -0.326 e. The summed E-state index contributed by atoms with van der Waals surface area (Å²) in [4.78, 5) is 8.62. The maximum Gasteiger partial charge on any atom is 0.151 e. The van der Waals surface area contributed by atoms with E-state index in [2.05, 4.69) is 22.0 Å². The highest BCUT2D eigenvalue weighted by Crippen LogP contribution is 2.14. The highest BCUT2D eigenvalue weighted by atomic mass is 15.4. The van der Waals surface area contributed by atoms with Gasteiger partial charge in [0, 0.05) is 25.6 Å². The number of aromatic nitrogens is 4. The van der Waals surface area contributed by atoms with Gasteiger partial charge in [0.05, 0.1) is 11.9 Å². The Morgan fingerprint density at radius 1 is 1.29 bits per heavy atom. The van der Waals surface area contributed by atoms with Crippen LogP contribution in [0.25, 0.3) is 5.69 Å². The van der Waals surface area contributed by atoms with Gasteiger partial charge in [0.25, 0.3) is 0 Å². The molecule has 0 aromatic carbocycles. The van der Waals surface area contributed by atoms with Gasteiger partial charge in [0.1, 0.15) is 5.82 Å². The predicted octanol–water partition coefficient (Wildman–Crippen LogP) is 1.25. The SMILES string of the molecule is CCc1nc(CC)n(-c2cnccc2CN)n1. The van der Waals surface area contributed by atoms with Gasteiger partial charge in [-0.1, -0.05) is 13.8 Å². The van der Waals surface area contributed by atoms with E-state index in [-0.39, 0.29) is 0 Å². The summed E-state index contributed by atoms with van der Waals surface area (Å²) >= 11 is 0. The van der Waals surface area contributed by atoms with Crippen molar-refractivity contribution in [3.05, 3.63) is 35.7 Å². The van der Waals surface area contributed by atoms with E-state index in [0.29, 0.717) is 6.54 Å². The average molecular weight is 231 g/mol. The van der Waals surface area contributed by atoms with Crippen molar-refractivity contribution in [3.63, 3.8) is 0 Å². The second-order valence-corrected chi connectivity index (χ2v) is 3.77. The zero-order valence-corrected chi connectivity index (χ0v) is 10.2. The van der Waals surface area contributed by atoms with Gasteiger partial charge in [-0.3, -0.25) is 4.98 Å². The molecule has 0 amide bonds. The lowest BCUT2D eigenvalue weighted by molar-refractivity contribution is 0.775. The highest BCUT2D eigenvalue weighted by Gasteiger charge is 2.11. The van der Waals surface area contributed by atoms with Crippen LogP contribution in [0.5, 0.6) is 0 Å². The summed E-state index contributed by atoms with van der Waals surface area (Å²) in [5.41, 5.74) is 7.69. The number of hydrogen-bond acceptors (Lipinski definition) is 4. The number of pyridine rings is 1. The van der Waals surface area contributed by atoms with Crippen molar-refractivity contribution in [1.29, 1.82) is 0 Å². The number of aryl methyl sites for hydroxylation is 2. The van der Waals surface area contributed by atoms with Crippen molar-refractivity contribution in [1.82, 2.24) is 19.7 Å². The Kier molecular flexibility index (Phi) is 3.49. The summed E-state index contributed by atoms with van der Waals surface area (Å²) in [5.74, 6) is 1.80. The molecule has 2 rings (SSSR count). The zero-order valence-electron chi connectivity index (χ0n) is 10.2. The monoisotopic (exact) mass is 231 g/mol. The molecule has 5 nitrogen and oxygen atoms in total. The minimum absolute atomic E-state index is 0.475. The summed E-state index contributed by atoms with van der Waals surface area (Å²) < 4.78 is 1.86. The van der Waals surface area contributed by atoms with Crippen LogP contribution in [0.2, 0.25) is 0 Å². The van der Waals surface area contributed by atoms with Crippen LogP contribution in [0.3, 0.4) is 0 Å². The molecule has 0 aliphatic rings. The van der Waals surface area contributed by atoms with Crippen LogP contribution in [0.1, 0.15) is 31.1 Å². The van der Waals surface area contributed by atoms with Gasteiger partial charge in [-0.15, -0.1) is 0 Å². The molecule has 0 spiro atoms. The van der Waals surface area contributed by atoms with Gasteiger partial charge >= 0.3 is 0 Å².